The van der Waals surface area contributed by atoms with E-state index in [1.807, 2.05) is 25.1 Å². The predicted molar refractivity (Wildman–Crippen MR) is 156 cm³/mol. The fourth-order valence-electron chi connectivity index (χ4n) is 5.40. The Labute approximate surface area is 234 Å². The molecule has 0 aliphatic heterocycles. The summed E-state index contributed by atoms with van der Waals surface area (Å²) in [5.41, 5.74) is 6.44. The molecule has 2 amide bonds. The number of hydrogen-bond donors (Lipinski definition) is 2. The molecule has 204 valence electrons. The second-order valence-corrected chi connectivity index (χ2v) is 11.2. The van der Waals surface area contributed by atoms with Gasteiger partial charge < -0.3 is 10.6 Å². The number of anilines is 2. The minimum atomic E-state index is -0.104. The van der Waals surface area contributed by atoms with E-state index in [-0.39, 0.29) is 35.2 Å². The van der Waals surface area contributed by atoms with Crippen molar-refractivity contribution < 1.29 is 19.2 Å². The zero-order valence-electron chi connectivity index (χ0n) is 23.1. The Kier molecular flexibility index (Phi) is 10.4. The van der Waals surface area contributed by atoms with E-state index in [0.29, 0.717) is 0 Å². The molecule has 0 spiro atoms. The number of fused-ring (bicyclic) bond motifs is 2. The van der Waals surface area contributed by atoms with E-state index >= 15 is 0 Å². The quantitative estimate of drug-likeness (QED) is 0.338. The lowest BCUT2D eigenvalue weighted by Gasteiger charge is -2.10. The van der Waals surface area contributed by atoms with Crippen LogP contribution < -0.4 is 10.6 Å². The van der Waals surface area contributed by atoms with Crippen LogP contribution in [0.2, 0.25) is 0 Å². The van der Waals surface area contributed by atoms with Crippen molar-refractivity contribution in [2.24, 2.45) is 11.8 Å². The van der Waals surface area contributed by atoms with Gasteiger partial charge >= 0.3 is 0 Å². The molecule has 38 heavy (non-hydrogen) atoms. The second-order valence-electron chi connectivity index (χ2n) is 10.4. The predicted octanol–water partition coefficient (Wildman–Crippen LogP) is 7.45. The van der Waals surface area contributed by atoms with Crippen LogP contribution in [0, 0.1) is 18.8 Å². The number of benzene rings is 2. The smallest absolute Gasteiger partial charge is 0.221 e. The molecular formula is C31H39BrN2O4. The molecule has 2 aliphatic rings. The molecule has 0 fully saturated rings. The maximum atomic E-state index is 12.3. The first-order valence-corrected chi connectivity index (χ1v) is 14.5. The van der Waals surface area contributed by atoms with Crippen LogP contribution in [0.15, 0.2) is 28.7 Å². The molecule has 2 aromatic rings. The van der Waals surface area contributed by atoms with Gasteiger partial charge in [0.1, 0.15) is 0 Å². The topological polar surface area (TPSA) is 92.3 Å². The fraction of sp³-hybridized carbons (Fsp3) is 0.484. The summed E-state index contributed by atoms with van der Waals surface area (Å²) < 4.78 is 0.854. The highest BCUT2D eigenvalue weighted by Gasteiger charge is 2.33. The van der Waals surface area contributed by atoms with Gasteiger partial charge in [0.2, 0.25) is 11.8 Å². The van der Waals surface area contributed by atoms with Crippen LogP contribution in [0.4, 0.5) is 11.4 Å². The summed E-state index contributed by atoms with van der Waals surface area (Å²) >= 11 is 3.52. The van der Waals surface area contributed by atoms with E-state index in [1.54, 1.807) is 6.07 Å². The third kappa shape index (κ3) is 6.79. The summed E-state index contributed by atoms with van der Waals surface area (Å²) in [4.78, 5) is 46.9. The SMILES string of the molecule is CCCCC1Cc2c(ccc(NC(C)=O)c2Br)C1=O.CCCCC1Cc2c(ccc(NC(C)=O)c2C)C1=O. The first kappa shape index (κ1) is 29.8. The summed E-state index contributed by atoms with van der Waals surface area (Å²) in [5.74, 6) is 0.599. The Hall–Kier alpha value is -2.80. The van der Waals surface area contributed by atoms with Crippen molar-refractivity contribution in [3.63, 3.8) is 0 Å². The normalized spacial score (nSPS) is 17.4. The number of unbranched alkanes of at least 4 members (excludes halogenated alkanes) is 2. The van der Waals surface area contributed by atoms with Gasteiger partial charge in [0, 0.05) is 47.0 Å². The van der Waals surface area contributed by atoms with Gasteiger partial charge in [0.05, 0.1) is 5.69 Å². The average Bonchev–Trinajstić information content (AvgIpc) is 3.37. The molecule has 2 atom stereocenters. The number of carbonyl (C=O) groups excluding carboxylic acids is 4. The van der Waals surface area contributed by atoms with E-state index in [9.17, 15) is 19.2 Å². The molecule has 6 nitrogen and oxygen atoms in total. The van der Waals surface area contributed by atoms with Crippen molar-refractivity contribution in [3.8, 4) is 0 Å². The van der Waals surface area contributed by atoms with Gasteiger partial charge in [-0.05, 0) is 89.5 Å². The van der Waals surface area contributed by atoms with Crippen molar-refractivity contribution in [1.29, 1.82) is 0 Å². The molecule has 7 heteroatoms. The molecule has 2 unspecified atom stereocenters. The molecule has 0 heterocycles. The molecule has 2 N–H and O–H groups in total. The molecule has 0 bridgehead atoms. The maximum Gasteiger partial charge on any atom is 0.221 e. The maximum absolute atomic E-state index is 12.3. The minimum Gasteiger partial charge on any atom is -0.326 e. The average molecular weight is 584 g/mol. The Bertz CT molecular complexity index is 1140. The number of hydrogen-bond acceptors (Lipinski definition) is 4. The van der Waals surface area contributed by atoms with Crippen LogP contribution in [0.25, 0.3) is 0 Å². The van der Waals surface area contributed by atoms with Gasteiger partial charge in [-0.2, -0.15) is 0 Å². The van der Waals surface area contributed by atoms with Crippen LogP contribution >= 0.6 is 15.9 Å². The van der Waals surface area contributed by atoms with Crippen LogP contribution in [0.3, 0.4) is 0 Å². The summed E-state index contributed by atoms with van der Waals surface area (Å²) in [6, 6.07) is 7.33. The third-order valence-electron chi connectivity index (χ3n) is 7.45. The zero-order valence-corrected chi connectivity index (χ0v) is 24.7. The number of halogens is 1. The lowest BCUT2D eigenvalue weighted by molar-refractivity contribution is -0.115. The largest absolute Gasteiger partial charge is 0.326 e. The molecular weight excluding hydrogens is 544 g/mol. The van der Waals surface area contributed by atoms with Gasteiger partial charge in [-0.25, -0.2) is 0 Å². The summed E-state index contributed by atoms with van der Waals surface area (Å²) in [5, 5.41) is 5.60. The van der Waals surface area contributed by atoms with Crippen molar-refractivity contribution in [1.82, 2.24) is 0 Å². The van der Waals surface area contributed by atoms with E-state index in [1.165, 1.54) is 13.8 Å². The molecule has 2 aliphatic carbocycles. The van der Waals surface area contributed by atoms with Crippen molar-refractivity contribution >= 4 is 50.7 Å². The molecule has 0 radical (unpaired) electrons. The van der Waals surface area contributed by atoms with Crippen molar-refractivity contribution in [2.45, 2.75) is 86.0 Å². The Balaban J connectivity index is 0.000000211. The van der Waals surface area contributed by atoms with Crippen LogP contribution in [-0.2, 0) is 22.4 Å². The first-order chi connectivity index (χ1) is 18.1. The number of amides is 2. The standard InChI is InChI=1S/C16H21NO2.C15H18BrNO2/c1-4-5-6-12-9-14-10(2)15(17-11(3)18)8-7-13(14)16(12)19;1-3-4-5-10-8-12-11(15(10)19)6-7-13(14(12)16)17-9(2)18/h7-8,12H,4-6,9H2,1-3H3,(H,17,18);6-7,10H,3-5,8H2,1-2H3,(H,17,18). The second kappa shape index (κ2) is 13.3. The minimum absolute atomic E-state index is 0.0742. The molecule has 2 aromatic carbocycles. The monoisotopic (exact) mass is 582 g/mol. The molecule has 4 rings (SSSR count). The van der Waals surface area contributed by atoms with E-state index in [4.69, 9.17) is 0 Å². The number of rotatable bonds is 8. The Morgan fingerprint density at radius 1 is 0.789 bits per heavy atom. The first-order valence-electron chi connectivity index (χ1n) is 13.7. The van der Waals surface area contributed by atoms with E-state index in [2.05, 4.69) is 40.4 Å². The van der Waals surface area contributed by atoms with E-state index < -0.39 is 0 Å². The lowest BCUT2D eigenvalue weighted by atomic mass is 9.98. The number of carbonyl (C=O) groups is 4. The molecule has 0 saturated heterocycles. The highest BCUT2D eigenvalue weighted by molar-refractivity contribution is 9.10. The van der Waals surface area contributed by atoms with Crippen LogP contribution in [0.5, 0.6) is 0 Å². The summed E-state index contributed by atoms with van der Waals surface area (Å²) in [7, 11) is 0. The van der Waals surface area contributed by atoms with Crippen molar-refractivity contribution in [3.05, 3.63) is 56.6 Å². The number of nitrogens with one attached hydrogen (secondary N) is 2. The van der Waals surface area contributed by atoms with Crippen molar-refractivity contribution in [2.75, 3.05) is 10.6 Å². The number of Topliss-reactive ketones (excluding diaryl/α,β-unsaturated/α-hetero) is 2. The van der Waals surface area contributed by atoms with Gasteiger partial charge in [0.15, 0.2) is 11.6 Å². The molecule has 0 saturated carbocycles. The Morgan fingerprint density at radius 3 is 1.74 bits per heavy atom. The van der Waals surface area contributed by atoms with Gasteiger partial charge in [0.25, 0.3) is 0 Å². The van der Waals surface area contributed by atoms with Gasteiger partial charge in [-0.3, -0.25) is 19.2 Å². The zero-order chi connectivity index (χ0) is 28.0. The van der Waals surface area contributed by atoms with E-state index in [0.717, 1.165) is 95.0 Å². The Morgan fingerprint density at radius 2 is 1.24 bits per heavy atom. The molecule has 0 aromatic heterocycles. The van der Waals surface area contributed by atoms with Gasteiger partial charge in [-0.15, -0.1) is 0 Å². The van der Waals surface area contributed by atoms with Crippen LogP contribution in [-0.4, -0.2) is 23.4 Å². The summed E-state index contributed by atoms with van der Waals surface area (Å²) in [6.45, 7) is 9.25. The lowest BCUT2D eigenvalue weighted by Crippen LogP contribution is -2.08. The highest BCUT2D eigenvalue weighted by Crippen LogP contribution is 2.39. The summed E-state index contributed by atoms with van der Waals surface area (Å²) in [6.07, 6.45) is 7.94. The highest BCUT2D eigenvalue weighted by atomic mass is 79.9. The van der Waals surface area contributed by atoms with Gasteiger partial charge in [-0.1, -0.05) is 39.5 Å². The third-order valence-corrected chi connectivity index (χ3v) is 8.35. The number of ketones is 2. The van der Waals surface area contributed by atoms with Crippen LogP contribution in [0.1, 0.15) is 104 Å². The fourth-order valence-corrected chi connectivity index (χ4v) is 6.01.